The molecule has 64 heavy (non-hydrogen) atoms. The second-order valence-corrected chi connectivity index (χ2v) is 18.4. The van der Waals surface area contributed by atoms with E-state index >= 15 is 0 Å². The van der Waals surface area contributed by atoms with Gasteiger partial charge in [0.05, 0.1) is 23.7 Å². The number of hydrogen-bond donors (Lipinski definition) is 0. The van der Waals surface area contributed by atoms with Crippen molar-refractivity contribution in [2.75, 3.05) is 0 Å². The van der Waals surface area contributed by atoms with Gasteiger partial charge in [-0.2, -0.15) is 0 Å². The van der Waals surface area contributed by atoms with Crippen molar-refractivity contribution in [2.45, 2.75) is 209 Å². The van der Waals surface area contributed by atoms with Crippen LogP contribution in [-0.4, -0.2) is 23.9 Å². The van der Waals surface area contributed by atoms with Crippen LogP contribution < -0.4 is 18.9 Å². The van der Waals surface area contributed by atoms with Crippen molar-refractivity contribution < 1.29 is 38.1 Å². The molecule has 0 N–H and O–H groups in total. The summed E-state index contributed by atoms with van der Waals surface area (Å²) in [6.07, 6.45) is 21.3. The minimum absolute atomic E-state index is 0.271. The Labute approximate surface area is 385 Å². The first-order valence-electron chi connectivity index (χ1n) is 25.8. The molecule has 0 aliphatic carbocycles. The fraction of sp³-hybridized carbons (Fsp3) is 0.643. The van der Waals surface area contributed by atoms with E-state index in [-0.39, 0.29) is 47.5 Å². The second kappa shape index (κ2) is 28.0. The summed E-state index contributed by atoms with van der Waals surface area (Å²) in [5.41, 5.74) is 0. The molecule has 4 unspecified atom stereocenters. The normalized spacial score (nSPS) is 13.6. The maximum Gasteiger partial charge on any atom is 0.314 e. The van der Waals surface area contributed by atoms with Gasteiger partial charge in [-0.05, 0) is 75.6 Å². The molecule has 4 atom stereocenters. The predicted octanol–water partition coefficient (Wildman–Crippen LogP) is 16.2. The van der Waals surface area contributed by atoms with Crippen LogP contribution in [0.2, 0.25) is 0 Å². The number of carbonyl (C=O) groups excluding carboxylic acids is 4. The van der Waals surface area contributed by atoms with Crippen molar-refractivity contribution in [1.82, 2.24) is 0 Å². The number of unbranched alkanes of at least 4 members (excludes halogenated alkanes) is 8. The zero-order valence-corrected chi connectivity index (χ0v) is 41.0. The third kappa shape index (κ3) is 14.4. The van der Waals surface area contributed by atoms with Crippen LogP contribution in [0, 0.1) is 23.7 Å². The molecule has 0 spiro atoms. The van der Waals surface area contributed by atoms with Crippen molar-refractivity contribution in [3.05, 3.63) is 36.4 Å². The minimum atomic E-state index is -0.298. The Hall–Kier alpha value is -4.20. The summed E-state index contributed by atoms with van der Waals surface area (Å²) in [6, 6.07) is 11.1. The lowest BCUT2D eigenvalue weighted by atomic mass is 9.91. The summed E-state index contributed by atoms with van der Waals surface area (Å²) >= 11 is 0. The molecule has 0 saturated carbocycles. The highest BCUT2D eigenvalue weighted by Gasteiger charge is 2.29. The molecular weight excluding hydrogens is 801 g/mol. The van der Waals surface area contributed by atoms with E-state index in [4.69, 9.17) is 18.9 Å². The topological polar surface area (TPSA) is 105 Å². The van der Waals surface area contributed by atoms with Crippen LogP contribution in [0.25, 0.3) is 32.3 Å². The quantitative estimate of drug-likeness (QED) is 0.0207. The van der Waals surface area contributed by atoms with Crippen molar-refractivity contribution in [1.29, 1.82) is 0 Å². The van der Waals surface area contributed by atoms with E-state index in [0.29, 0.717) is 81.0 Å². The van der Waals surface area contributed by atoms with Gasteiger partial charge in [0, 0.05) is 44.5 Å². The Morgan fingerprint density at radius 2 is 0.547 bits per heavy atom. The van der Waals surface area contributed by atoms with Crippen LogP contribution >= 0.6 is 0 Å². The summed E-state index contributed by atoms with van der Waals surface area (Å²) in [7, 11) is 0. The van der Waals surface area contributed by atoms with Crippen molar-refractivity contribution in [3.8, 4) is 23.0 Å². The van der Waals surface area contributed by atoms with Crippen LogP contribution in [0.3, 0.4) is 0 Å². The SMILES string of the molecule is CCCCCC(CCC)C(=O)Oc1cc(OC(=O)C(CCC)CCCCC)c2ccc3c(OC(=O)C(CCC)CCCCC)cc(OC(=O)C(CCC)CCCCC)c4ccc1c2c43. The maximum absolute atomic E-state index is 14.2. The predicted molar refractivity (Wildman–Crippen MR) is 263 cm³/mol. The van der Waals surface area contributed by atoms with Gasteiger partial charge in [-0.1, -0.05) is 158 Å². The fourth-order valence-electron chi connectivity index (χ4n) is 9.45. The first kappa shape index (κ1) is 52.4. The van der Waals surface area contributed by atoms with Gasteiger partial charge in [-0.25, -0.2) is 0 Å². The largest absolute Gasteiger partial charge is 0.426 e. The van der Waals surface area contributed by atoms with Gasteiger partial charge >= 0.3 is 23.9 Å². The number of hydrogen-bond acceptors (Lipinski definition) is 8. The van der Waals surface area contributed by atoms with Gasteiger partial charge in [0.15, 0.2) is 0 Å². The molecule has 0 bridgehead atoms. The number of ether oxygens (including phenoxy) is 4. The van der Waals surface area contributed by atoms with E-state index in [1.54, 1.807) is 12.1 Å². The van der Waals surface area contributed by atoms with Gasteiger partial charge in [-0.15, -0.1) is 0 Å². The van der Waals surface area contributed by atoms with Crippen LogP contribution in [0.15, 0.2) is 36.4 Å². The van der Waals surface area contributed by atoms with Crippen LogP contribution in [0.4, 0.5) is 0 Å². The summed E-state index contributed by atoms with van der Waals surface area (Å²) in [5.74, 6) is -1.04. The molecule has 0 heterocycles. The van der Waals surface area contributed by atoms with Crippen LogP contribution in [0.5, 0.6) is 23.0 Å². The first-order valence-corrected chi connectivity index (χ1v) is 25.8. The van der Waals surface area contributed by atoms with E-state index < -0.39 is 0 Å². The molecule has 4 aromatic rings. The summed E-state index contributed by atoms with van der Waals surface area (Å²) < 4.78 is 25.7. The molecule has 0 radical (unpaired) electrons. The molecule has 0 fully saturated rings. The van der Waals surface area contributed by atoms with E-state index in [1.165, 1.54) is 0 Å². The molecule has 0 aliphatic rings. The van der Waals surface area contributed by atoms with Gasteiger partial charge in [-0.3, -0.25) is 19.2 Å². The van der Waals surface area contributed by atoms with Gasteiger partial charge in [0.1, 0.15) is 23.0 Å². The average Bonchev–Trinajstić information content (AvgIpc) is 3.28. The van der Waals surface area contributed by atoms with Gasteiger partial charge in [0.2, 0.25) is 0 Å². The van der Waals surface area contributed by atoms with Crippen LogP contribution in [-0.2, 0) is 19.2 Å². The van der Waals surface area contributed by atoms with Gasteiger partial charge in [0.25, 0.3) is 0 Å². The highest BCUT2D eigenvalue weighted by molar-refractivity contribution is 6.28. The second-order valence-electron chi connectivity index (χ2n) is 18.4. The molecule has 0 aliphatic heterocycles. The van der Waals surface area contributed by atoms with E-state index in [1.807, 2.05) is 24.3 Å². The third-order valence-electron chi connectivity index (χ3n) is 13.1. The molecule has 0 amide bonds. The highest BCUT2D eigenvalue weighted by Crippen LogP contribution is 2.49. The van der Waals surface area contributed by atoms with Crippen LogP contribution in [0.1, 0.15) is 209 Å². The molecule has 4 aromatic carbocycles. The zero-order valence-electron chi connectivity index (χ0n) is 41.0. The fourth-order valence-corrected chi connectivity index (χ4v) is 9.45. The van der Waals surface area contributed by atoms with E-state index in [2.05, 4.69) is 55.4 Å². The monoisotopic (exact) mass is 883 g/mol. The summed E-state index contributed by atoms with van der Waals surface area (Å²) in [6.45, 7) is 17.0. The molecular formula is C56H82O8. The third-order valence-corrected chi connectivity index (χ3v) is 13.1. The van der Waals surface area contributed by atoms with E-state index in [0.717, 1.165) is 128 Å². The Morgan fingerprint density at radius 1 is 0.328 bits per heavy atom. The lowest BCUT2D eigenvalue weighted by molar-refractivity contribution is -0.140. The number of esters is 4. The lowest BCUT2D eigenvalue weighted by Gasteiger charge is -2.23. The molecule has 8 heteroatoms. The smallest absolute Gasteiger partial charge is 0.314 e. The maximum atomic E-state index is 14.2. The molecule has 0 aromatic heterocycles. The Balaban J connectivity index is 2.00. The Morgan fingerprint density at radius 3 is 0.734 bits per heavy atom. The van der Waals surface area contributed by atoms with Gasteiger partial charge < -0.3 is 18.9 Å². The summed E-state index contributed by atoms with van der Waals surface area (Å²) in [4.78, 5) is 56.6. The lowest BCUT2D eigenvalue weighted by Crippen LogP contribution is -2.22. The molecule has 354 valence electrons. The highest BCUT2D eigenvalue weighted by atomic mass is 16.6. The first-order chi connectivity index (χ1) is 31.1. The molecule has 0 saturated heterocycles. The minimum Gasteiger partial charge on any atom is -0.426 e. The summed E-state index contributed by atoms with van der Waals surface area (Å²) in [5, 5.41) is 4.01. The Kier molecular flexibility index (Phi) is 22.9. The Bertz CT molecular complexity index is 1770. The van der Waals surface area contributed by atoms with Crippen molar-refractivity contribution >= 4 is 56.2 Å². The number of carbonyl (C=O) groups is 4. The average molecular weight is 883 g/mol. The number of rotatable bonds is 32. The standard InChI is InChI=1S/C56H82O8/c1-9-17-21-29-39(25-13-5)53(57)61-47-37-48(62-54(58)40(26-14-6)30-22-18-10-2)44-35-36-46-50(64-56(60)42(28-16-8)32-24-20-12-4)38-49(45-34-33-43(47)51(44)52(45)46)63-55(59)41(27-15-7)31-23-19-11-3/h33-42H,9-32H2,1-8H3. The van der Waals surface area contributed by atoms with Crippen molar-refractivity contribution in [2.24, 2.45) is 23.7 Å². The molecule has 4 rings (SSSR count). The van der Waals surface area contributed by atoms with Crippen molar-refractivity contribution in [3.63, 3.8) is 0 Å². The zero-order chi connectivity index (χ0) is 46.4. The van der Waals surface area contributed by atoms with E-state index in [9.17, 15) is 19.2 Å². The number of benzene rings is 4. The molecule has 8 nitrogen and oxygen atoms in total.